The Morgan fingerprint density at radius 2 is 2.32 bits per heavy atom. The molecule has 0 aliphatic heterocycles. The minimum absolute atomic E-state index is 0.0461. The van der Waals surface area contributed by atoms with Crippen LogP contribution in [-0.2, 0) is 0 Å². The smallest absolute Gasteiger partial charge is 0.253 e. The Kier molecular flexibility index (Phi) is 3.84. The van der Waals surface area contributed by atoms with Gasteiger partial charge in [0.25, 0.3) is 5.91 Å². The van der Waals surface area contributed by atoms with Crippen LogP contribution in [0.1, 0.15) is 23.2 Å². The lowest BCUT2D eigenvalue weighted by Crippen LogP contribution is -2.55. The topological polar surface area (TPSA) is 80.9 Å². The molecule has 0 saturated heterocycles. The van der Waals surface area contributed by atoms with Gasteiger partial charge in [0.05, 0.1) is 22.7 Å². The van der Waals surface area contributed by atoms with E-state index in [1.807, 2.05) is 0 Å². The molecule has 1 aromatic heterocycles. The summed E-state index contributed by atoms with van der Waals surface area (Å²) >= 11 is 4.98. The molecule has 1 fully saturated rings. The fraction of sp³-hybridized carbons (Fsp3) is 0.333. The second kappa shape index (κ2) is 5.66. The van der Waals surface area contributed by atoms with Gasteiger partial charge in [0, 0.05) is 12.0 Å². The average Bonchev–Trinajstić information content (AvgIpc) is 2.83. The number of carbonyl (C=O) groups excluding carboxylic acids is 1. The summed E-state index contributed by atoms with van der Waals surface area (Å²) in [4.78, 5) is 18.1. The van der Waals surface area contributed by atoms with Gasteiger partial charge in [-0.3, -0.25) is 4.79 Å². The first kappa shape index (κ1) is 14.9. The number of hydrogen-bond donors (Lipinski definition) is 4. The number of rotatable bonds is 4. The summed E-state index contributed by atoms with van der Waals surface area (Å²) in [6.45, 7) is 3.65. The number of imidazole rings is 1. The molecule has 1 aliphatic carbocycles. The molecule has 1 aromatic carbocycles. The van der Waals surface area contributed by atoms with E-state index in [1.54, 1.807) is 6.08 Å². The van der Waals surface area contributed by atoms with Gasteiger partial charge in [0.2, 0.25) is 0 Å². The SMILES string of the molecule is C=CCC1C(O)CC1NC(=O)c1cc(F)cc2[nH]c(=S)[nH]c12. The number of aromatic amines is 2. The molecule has 1 amide bonds. The number of allylic oxidation sites excluding steroid dienone is 1. The maximum absolute atomic E-state index is 13.7. The number of nitrogens with one attached hydrogen (secondary N) is 3. The van der Waals surface area contributed by atoms with E-state index in [0.717, 1.165) is 0 Å². The number of benzene rings is 1. The van der Waals surface area contributed by atoms with Crippen LogP contribution in [0.15, 0.2) is 24.8 Å². The van der Waals surface area contributed by atoms with Crippen LogP contribution in [0.5, 0.6) is 0 Å². The van der Waals surface area contributed by atoms with Crippen molar-refractivity contribution in [3.8, 4) is 0 Å². The predicted molar refractivity (Wildman–Crippen MR) is 83.6 cm³/mol. The van der Waals surface area contributed by atoms with E-state index in [2.05, 4.69) is 21.9 Å². The van der Waals surface area contributed by atoms with Gasteiger partial charge in [0.1, 0.15) is 5.82 Å². The van der Waals surface area contributed by atoms with Crippen molar-refractivity contribution in [2.24, 2.45) is 5.92 Å². The Morgan fingerprint density at radius 1 is 1.55 bits per heavy atom. The highest BCUT2D eigenvalue weighted by molar-refractivity contribution is 7.71. The molecule has 3 unspecified atom stereocenters. The van der Waals surface area contributed by atoms with Crippen LogP contribution in [0.4, 0.5) is 4.39 Å². The summed E-state index contributed by atoms with van der Waals surface area (Å²) < 4.78 is 14.0. The lowest BCUT2D eigenvalue weighted by Gasteiger charge is -2.41. The third kappa shape index (κ3) is 2.57. The lowest BCUT2D eigenvalue weighted by atomic mass is 9.74. The molecule has 1 aliphatic rings. The molecule has 0 radical (unpaired) electrons. The fourth-order valence-electron chi connectivity index (χ4n) is 2.89. The molecule has 3 atom stereocenters. The van der Waals surface area contributed by atoms with Crippen LogP contribution in [0.25, 0.3) is 11.0 Å². The largest absolute Gasteiger partial charge is 0.393 e. The van der Waals surface area contributed by atoms with Crippen molar-refractivity contribution in [3.63, 3.8) is 0 Å². The maximum atomic E-state index is 13.7. The molecule has 22 heavy (non-hydrogen) atoms. The Morgan fingerprint density at radius 3 is 3.00 bits per heavy atom. The Labute approximate surface area is 131 Å². The summed E-state index contributed by atoms with van der Waals surface area (Å²) in [6.07, 6.45) is 2.40. The molecular weight excluding hydrogens is 305 g/mol. The van der Waals surface area contributed by atoms with Gasteiger partial charge in [-0.1, -0.05) is 6.08 Å². The quantitative estimate of drug-likeness (QED) is 0.516. The van der Waals surface area contributed by atoms with Crippen LogP contribution in [0, 0.1) is 16.5 Å². The molecule has 116 valence electrons. The molecule has 2 aromatic rings. The normalized spacial score (nSPS) is 24.0. The van der Waals surface area contributed by atoms with E-state index in [4.69, 9.17) is 12.2 Å². The molecule has 3 rings (SSSR count). The predicted octanol–water partition coefficient (Wildman–Crippen LogP) is 2.42. The van der Waals surface area contributed by atoms with Gasteiger partial charge in [0.15, 0.2) is 4.77 Å². The molecule has 5 nitrogen and oxygen atoms in total. The van der Waals surface area contributed by atoms with Crippen molar-refractivity contribution in [2.75, 3.05) is 0 Å². The lowest BCUT2D eigenvalue weighted by molar-refractivity contribution is -0.00644. The molecular formula is C15H16FN3O2S. The highest BCUT2D eigenvalue weighted by atomic mass is 32.1. The van der Waals surface area contributed by atoms with Gasteiger partial charge >= 0.3 is 0 Å². The average molecular weight is 321 g/mol. The molecule has 4 N–H and O–H groups in total. The standard InChI is InChI=1S/C15H16FN3O2S/c1-2-3-8-10(6-12(8)20)17-14(21)9-4-7(16)5-11-13(9)19-15(22)18-11/h2,4-5,8,10,12,20H,1,3,6H2,(H,17,21)(H2,18,19,22). The van der Waals surface area contributed by atoms with E-state index in [1.165, 1.54) is 12.1 Å². The first-order chi connectivity index (χ1) is 10.5. The molecule has 0 spiro atoms. The second-order valence-corrected chi connectivity index (χ2v) is 5.93. The number of aliphatic hydroxyl groups excluding tert-OH is 1. The van der Waals surface area contributed by atoms with Crippen LogP contribution in [0.3, 0.4) is 0 Å². The van der Waals surface area contributed by atoms with Crippen molar-refractivity contribution >= 4 is 29.2 Å². The molecule has 1 saturated carbocycles. The zero-order chi connectivity index (χ0) is 15.9. The van der Waals surface area contributed by atoms with Crippen molar-refractivity contribution < 1.29 is 14.3 Å². The maximum Gasteiger partial charge on any atom is 0.253 e. The number of aliphatic hydroxyl groups is 1. The van der Waals surface area contributed by atoms with Crippen LogP contribution in [-0.4, -0.2) is 33.1 Å². The number of fused-ring (bicyclic) bond motifs is 1. The van der Waals surface area contributed by atoms with Crippen LogP contribution >= 0.6 is 12.2 Å². The van der Waals surface area contributed by atoms with E-state index in [0.29, 0.717) is 28.6 Å². The number of hydrogen-bond acceptors (Lipinski definition) is 3. The monoisotopic (exact) mass is 321 g/mol. The van der Waals surface area contributed by atoms with Gasteiger partial charge in [-0.05, 0) is 37.2 Å². The summed E-state index contributed by atoms with van der Waals surface area (Å²) in [5, 5.41) is 12.6. The number of aromatic nitrogens is 2. The number of halogens is 1. The van der Waals surface area contributed by atoms with Gasteiger partial charge in [-0.2, -0.15) is 0 Å². The van der Waals surface area contributed by atoms with E-state index < -0.39 is 11.9 Å². The molecule has 1 heterocycles. The van der Waals surface area contributed by atoms with Gasteiger partial charge < -0.3 is 20.4 Å². The van der Waals surface area contributed by atoms with Gasteiger partial charge in [-0.15, -0.1) is 6.58 Å². The number of carbonyl (C=O) groups is 1. The first-order valence-electron chi connectivity index (χ1n) is 7.01. The fourth-order valence-corrected chi connectivity index (χ4v) is 3.11. The summed E-state index contributed by atoms with van der Waals surface area (Å²) in [5.74, 6) is -0.949. The molecule has 7 heteroatoms. The summed E-state index contributed by atoms with van der Waals surface area (Å²) in [5.41, 5.74) is 1.12. The Hall–Kier alpha value is -1.99. The minimum Gasteiger partial charge on any atom is -0.393 e. The highest BCUT2D eigenvalue weighted by Gasteiger charge is 2.40. The van der Waals surface area contributed by atoms with Crippen molar-refractivity contribution in [1.29, 1.82) is 0 Å². The first-order valence-corrected chi connectivity index (χ1v) is 7.41. The van der Waals surface area contributed by atoms with Crippen LogP contribution < -0.4 is 5.32 Å². The third-order valence-electron chi connectivity index (χ3n) is 4.10. The minimum atomic E-state index is -0.515. The van der Waals surface area contributed by atoms with E-state index >= 15 is 0 Å². The van der Waals surface area contributed by atoms with E-state index in [-0.39, 0.29) is 23.4 Å². The zero-order valence-corrected chi connectivity index (χ0v) is 12.5. The van der Waals surface area contributed by atoms with Gasteiger partial charge in [-0.25, -0.2) is 4.39 Å². The van der Waals surface area contributed by atoms with Crippen LogP contribution in [0.2, 0.25) is 0 Å². The third-order valence-corrected chi connectivity index (χ3v) is 4.30. The molecule has 0 bridgehead atoms. The van der Waals surface area contributed by atoms with Crippen molar-refractivity contribution in [3.05, 3.63) is 40.9 Å². The highest BCUT2D eigenvalue weighted by Crippen LogP contribution is 2.31. The van der Waals surface area contributed by atoms with E-state index in [9.17, 15) is 14.3 Å². The summed E-state index contributed by atoms with van der Waals surface area (Å²) in [6, 6.07) is 2.32. The zero-order valence-electron chi connectivity index (χ0n) is 11.7. The van der Waals surface area contributed by atoms with Crippen molar-refractivity contribution in [1.82, 2.24) is 15.3 Å². The second-order valence-electron chi connectivity index (χ2n) is 5.53. The Balaban J connectivity index is 1.86. The van der Waals surface area contributed by atoms with Crippen molar-refractivity contribution in [2.45, 2.75) is 25.0 Å². The summed E-state index contributed by atoms with van der Waals surface area (Å²) in [7, 11) is 0. The Bertz CT molecular complexity index is 798. The number of amides is 1. The number of H-pyrrole nitrogens is 2.